The Balaban J connectivity index is 2.40. The third-order valence-corrected chi connectivity index (χ3v) is 2.18. The zero-order valence-corrected chi connectivity index (χ0v) is 9.86. The number of rotatable bonds is 5. The summed E-state index contributed by atoms with van der Waals surface area (Å²) < 4.78 is 4.52. The first kappa shape index (κ1) is 12.4. The SMILES string of the molecule is COC(=O)CCNc1ncc(C(C)C)cn1. The highest BCUT2D eigenvalue weighted by molar-refractivity contribution is 5.69. The van der Waals surface area contributed by atoms with Crippen molar-refractivity contribution in [3.63, 3.8) is 0 Å². The van der Waals surface area contributed by atoms with Gasteiger partial charge in [-0.3, -0.25) is 4.79 Å². The Kier molecular flexibility index (Phi) is 4.69. The molecule has 88 valence electrons. The molecule has 1 rings (SSSR count). The zero-order chi connectivity index (χ0) is 12.0. The van der Waals surface area contributed by atoms with Crippen molar-refractivity contribution in [2.75, 3.05) is 19.0 Å². The van der Waals surface area contributed by atoms with E-state index in [1.807, 2.05) is 0 Å². The fourth-order valence-electron chi connectivity index (χ4n) is 1.11. The van der Waals surface area contributed by atoms with Crippen molar-refractivity contribution in [3.8, 4) is 0 Å². The highest BCUT2D eigenvalue weighted by Crippen LogP contribution is 2.11. The number of anilines is 1. The van der Waals surface area contributed by atoms with E-state index in [0.29, 0.717) is 24.8 Å². The molecule has 0 aliphatic carbocycles. The molecule has 16 heavy (non-hydrogen) atoms. The molecule has 5 nitrogen and oxygen atoms in total. The molecule has 0 radical (unpaired) electrons. The largest absolute Gasteiger partial charge is 0.469 e. The Morgan fingerprint density at radius 1 is 1.44 bits per heavy atom. The predicted molar refractivity (Wildman–Crippen MR) is 61.2 cm³/mol. The van der Waals surface area contributed by atoms with Crippen LogP contribution in [0.5, 0.6) is 0 Å². The van der Waals surface area contributed by atoms with Crippen LogP contribution in [0.4, 0.5) is 5.95 Å². The molecular weight excluding hydrogens is 206 g/mol. The van der Waals surface area contributed by atoms with Gasteiger partial charge in [0.1, 0.15) is 0 Å². The van der Waals surface area contributed by atoms with Gasteiger partial charge in [0, 0.05) is 18.9 Å². The third kappa shape index (κ3) is 3.84. The molecule has 0 aromatic carbocycles. The number of esters is 1. The van der Waals surface area contributed by atoms with Gasteiger partial charge in [-0.25, -0.2) is 9.97 Å². The van der Waals surface area contributed by atoms with Gasteiger partial charge in [-0.05, 0) is 11.5 Å². The lowest BCUT2D eigenvalue weighted by Crippen LogP contribution is -2.11. The van der Waals surface area contributed by atoms with Gasteiger partial charge >= 0.3 is 5.97 Å². The minimum Gasteiger partial charge on any atom is -0.469 e. The van der Waals surface area contributed by atoms with E-state index in [1.54, 1.807) is 12.4 Å². The highest BCUT2D eigenvalue weighted by Gasteiger charge is 2.02. The van der Waals surface area contributed by atoms with Crippen molar-refractivity contribution in [2.24, 2.45) is 0 Å². The van der Waals surface area contributed by atoms with Gasteiger partial charge in [0.05, 0.1) is 13.5 Å². The van der Waals surface area contributed by atoms with E-state index < -0.39 is 0 Å². The molecule has 0 fully saturated rings. The summed E-state index contributed by atoms with van der Waals surface area (Å²) in [6.07, 6.45) is 3.89. The van der Waals surface area contributed by atoms with E-state index in [1.165, 1.54) is 7.11 Å². The quantitative estimate of drug-likeness (QED) is 0.768. The van der Waals surface area contributed by atoms with Crippen molar-refractivity contribution in [1.29, 1.82) is 0 Å². The minimum atomic E-state index is -0.244. The van der Waals surface area contributed by atoms with Crippen LogP contribution in [0.2, 0.25) is 0 Å². The van der Waals surface area contributed by atoms with Gasteiger partial charge in [-0.1, -0.05) is 13.8 Å². The second-order valence-electron chi connectivity index (χ2n) is 3.75. The Morgan fingerprint density at radius 3 is 2.56 bits per heavy atom. The van der Waals surface area contributed by atoms with Crippen LogP contribution in [0, 0.1) is 0 Å². The van der Waals surface area contributed by atoms with E-state index in [9.17, 15) is 4.79 Å². The Labute approximate surface area is 95.3 Å². The Hall–Kier alpha value is -1.65. The van der Waals surface area contributed by atoms with Crippen LogP contribution in [0.15, 0.2) is 12.4 Å². The lowest BCUT2D eigenvalue weighted by Gasteiger charge is -2.06. The molecule has 0 bridgehead atoms. The molecule has 1 aromatic heterocycles. The number of hydrogen-bond donors (Lipinski definition) is 1. The summed E-state index contributed by atoms with van der Waals surface area (Å²) in [5.74, 6) is 0.712. The third-order valence-electron chi connectivity index (χ3n) is 2.18. The maximum atomic E-state index is 10.8. The molecule has 0 atom stereocenters. The van der Waals surface area contributed by atoms with Crippen molar-refractivity contribution in [1.82, 2.24) is 9.97 Å². The normalized spacial score (nSPS) is 10.2. The van der Waals surface area contributed by atoms with Gasteiger partial charge in [-0.15, -0.1) is 0 Å². The minimum absolute atomic E-state index is 0.244. The van der Waals surface area contributed by atoms with Crippen LogP contribution in [0.1, 0.15) is 31.7 Å². The van der Waals surface area contributed by atoms with Crippen LogP contribution in [-0.2, 0) is 9.53 Å². The van der Waals surface area contributed by atoms with E-state index in [4.69, 9.17) is 0 Å². The first-order valence-corrected chi connectivity index (χ1v) is 5.26. The highest BCUT2D eigenvalue weighted by atomic mass is 16.5. The van der Waals surface area contributed by atoms with Gasteiger partial charge < -0.3 is 10.1 Å². The van der Waals surface area contributed by atoms with Crippen molar-refractivity contribution in [3.05, 3.63) is 18.0 Å². The lowest BCUT2D eigenvalue weighted by atomic mass is 10.1. The van der Waals surface area contributed by atoms with Gasteiger partial charge in [0.25, 0.3) is 0 Å². The van der Waals surface area contributed by atoms with Gasteiger partial charge in [0.15, 0.2) is 0 Å². The molecule has 0 saturated heterocycles. The molecule has 0 unspecified atom stereocenters. The molecule has 1 heterocycles. The van der Waals surface area contributed by atoms with Crippen molar-refractivity contribution in [2.45, 2.75) is 26.2 Å². The summed E-state index contributed by atoms with van der Waals surface area (Å²) in [5, 5.41) is 2.95. The summed E-state index contributed by atoms with van der Waals surface area (Å²) in [5.41, 5.74) is 1.10. The molecule has 1 N–H and O–H groups in total. The van der Waals surface area contributed by atoms with Crippen LogP contribution in [0.25, 0.3) is 0 Å². The summed E-state index contributed by atoms with van der Waals surface area (Å²) >= 11 is 0. The maximum absolute atomic E-state index is 10.8. The number of nitrogens with one attached hydrogen (secondary N) is 1. The Bertz CT molecular complexity index is 336. The fraction of sp³-hybridized carbons (Fsp3) is 0.545. The van der Waals surface area contributed by atoms with Crippen LogP contribution < -0.4 is 5.32 Å². The lowest BCUT2D eigenvalue weighted by molar-refractivity contribution is -0.140. The second-order valence-corrected chi connectivity index (χ2v) is 3.75. The van der Waals surface area contributed by atoms with Gasteiger partial charge in [0.2, 0.25) is 5.95 Å². The van der Waals surface area contributed by atoms with Crippen LogP contribution in [0.3, 0.4) is 0 Å². The standard InChI is InChI=1S/C11H17N3O2/c1-8(2)9-6-13-11(14-7-9)12-5-4-10(15)16-3/h6-8H,4-5H2,1-3H3,(H,12,13,14). The fourth-order valence-corrected chi connectivity index (χ4v) is 1.11. The molecule has 1 aromatic rings. The molecule has 0 saturated carbocycles. The smallest absolute Gasteiger partial charge is 0.307 e. The number of nitrogens with zero attached hydrogens (tertiary/aromatic N) is 2. The average molecular weight is 223 g/mol. The molecule has 0 amide bonds. The number of carbonyl (C=O) groups is 1. The first-order chi connectivity index (χ1) is 7.63. The van der Waals surface area contributed by atoms with Crippen molar-refractivity contribution >= 4 is 11.9 Å². The van der Waals surface area contributed by atoms with E-state index in [2.05, 4.69) is 33.9 Å². The van der Waals surface area contributed by atoms with E-state index >= 15 is 0 Å². The number of aromatic nitrogens is 2. The molecule has 0 aliphatic heterocycles. The van der Waals surface area contributed by atoms with Gasteiger partial charge in [-0.2, -0.15) is 0 Å². The summed E-state index contributed by atoms with van der Waals surface area (Å²) in [6, 6.07) is 0. The molecule has 5 heteroatoms. The second kappa shape index (κ2) is 6.05. The topological polar surface area (TPSA) is 64.1 Å². The number of carbonyl (C=O) groups excluding carboxylic acids is 1. The Morgan fingerprint density at radius 2 is 2.06 bits per heavy atom. The molecule has 0 aliphatic rings. The summed E-state index contributed by atoms with van der Waals surface area (Å²) in [4.78, 5) is 19.1. The van der Waals surface area contributed by atoms with E-state index in [-0.39, 0.29) is 5.97 Å². The summed E-state index contributed by atoms with van der Waals surface area (Å²) in [7, 11) is 1.37. The number of hydrogen-bond acceptors (Lipinski definition) is 5. The van der Waals surface area contributed by atoms with E-state index in [0.717, 1.165) is 5.56 Å². The zero-order valence-electron chi connectivity index (χ0n) is 9.86. The predicted octanol–water partition coefficient (Wildman–Crippen LogP) is 1.57. The average Bonchev–Trinajstić information content (AvgIpc) is 2.29. The molecular formula is C11H17N3O2. The van der Waals surface area contributed by atoms with Crippen LogP contribution >= 0.6 is 0 Å². The molecule has 0 spiro atoms. The van der Waals surface area contributed by atoms with Crippen LogP contribution in [-0.4, -0.2) is 29.6 Å². The van der Waals surface area contributed by atoms with Crippen molar-refractivity contribution < 1.29 is 9.53 Å². The summed E-state index contributed by atoms with van der Waals surface area (Å²) in [6.45, 7) is 4.65. The first-order valence-electron chi connectivity index (χ1n) is 5.26. The number of ether oxygens (including phenoxy) is 1. The maximum Gasteiger partial charge on any atom is 0.307 e. The number of methoxy groups -OCH3 is 1. The monoisotopic (exact) mass is 223 g/mol.